The van der Waals surface area contributed by atoms with E-state index < -0.39 is 21.2 Å². The molecule has 4 rings (SSSR count). The summed E-state index contributed by atoms with van der Waals surface area (Å²) in [5, 5.41) is 0. The quantitative estimate of drug-likeness (QED) is 0.345. The first kappa shape index (κ1) is 18.2. The summed E-state index contributed by atoms with van der Waals surface area (Å²) >= 11 is -3.55. The van der Waals surface area contributed by atoms with E-state index in [1.54, 1.807) is 0 Å². The molecule has 0 heterocycles. The van der Waals surface area contributed by atoms with Gasteiger partial charge in [-0.1, -0.05) is 0 Å². The van der Waals surface area contributed by atoms with E-state index >= 15 is 0 Å². The molecule has 0 saturated heterocycles. The van der Waals surface area contributed by atoms with Crippen LogP contribution in [-0.4, -0.2) is 21.2 Å². The number of hydrogen-bond acceptors (Lipinski definition) is 0. The average molecular weight is 544 g/mol. The van der Waals surface area contributed by atoms with Crippen LogP contribution in [0.15, 0.2) is 109 Å². The molecule has 0 aliphatic heterocycles. The molecular weight excluding hydrogens is 519 g/mol. The Labute approximate surface area is 167 Å². The molecule has 0 saturated carbocycles. The van der Waals surface area contributed by atoms with Crippen LogP contribution in [0.3, 0.4) is 0 Å². The third-order valence-electron chi connectivity index (χ3n) is 5.38. The standard InChI is InChI=1S/2C7H7.2C6H5.Pb/c2*1-7-5-3-2-4-6-7;2*1-2-4-6-5-3-1;/h2*3-6H,1H3;2*1-5H;. The fraction of sp³-hybridized carbons (Fsp3) is 0.0769. The van der Waals surface area contributed by atoms with Crippen LogP contribution in [0.4, 0.5) is 0 Å². The maximum absolute atomic E-state index is 3.55. The van der Waals surface area contributed by atoms with Gasteiger partial charge in [0.15, 0.2) is 0 Å². The van der Waals surface area contributed by atoms with Crippen LogP contribution in [0, 0.1) is 13.8 Å². The number of rotatable bonds is 4. The molecule has 4 aromatic carbocycles. The van der Waals surface area contributed by atoms with Crippen molar-refractivity contribution >= 4 is 33.7 Å². The third-order valence-corrected chi connectivity index (χ3v) is 24.0. The van der Waals surface area contributed by atoms with Crippen molar-refractivity contribution in [3.8, 4) is 0 Å². The number of benzene rings is 4. The molecule has 0 radical (unpaired) electrons. The number of hydrogen-bond donors (Lipinski definition) is 0. The van der Waals surface area contributed by atoms with Crippen LogP contribution in [0.25, 0.3) is 0 Å². The molecule has 0 aliphatic rings. The molecule has 0 unspecified atom stereocenters. The zero-order chi connectivity index (χ0) is 18.7. The SMILES string of the molecule is Cc1cc[c]([Pb]([c]2ccccc2)([c]2ccccc2)[c]2ccc(C)cc2)cc1. The number of aryl methyl sites for hydroxylation is 2. The summed E-state index contributed by atoms with van der Waals surface area (Å²) < 4.78 is 6.02. The average Bonchev–Trinajstić information content (AvgIpc) is 2.73. The van der Waals surface area contributed by atoms with Gasteiger partial charge in [-0.3, -0.25) is 0 Å². The third kappa shape index (κ3) is 3.39. The Bertz CT molecular complexity index is 914. The summed E-state index contributed by atoms with van der Waals surface area (Å²) in [7, 11) is 0. The van der Waals surface area contributed by atoms with Gasteiger partial charge in [-0.15, -0.1) is 0 Å². The van der Waals surface area contributed by atoms with Gasteiger partial charge in [-0.25, -0.2) is 0 Å². The Hall–Kier alpha value is -2.20. The van der Waals surface area contributed by atoms with E-state index in [4.69, 9.17) is 0 Å². The predicted molar refractivity (Wildman–Crippen MR) is 120 cm³/mol. The summed E-state index contributed by atoms with van der Waals surface area (Å²) in [6.07, 6.45) is 0. The van der Waals surface area contributed by atoms with E-state index in [9.17, 15) is 0 Å². The van der Waals surface area contributed by atoms with Crippen LogP contribution in [0.2, 0.25) is 0 Å². The van der Waals surface area contributed by atoms with Crippen molar-refractivity contribution < 1.29 is 0 Å². The van der Waals surface area contributed by atoms with E-state index in [1.165, 1.54) is 23.6 Å². The minimum atomic E-state index is -3.55. The van der Waals surface area contributed by atoms with Gasteiger partial charge in [0, 0.05) is 0 Å². The Kier molecular flexibility index (Phi) is 5.26. The Morgan fingerprint density at radius 1 is 0.370 bits per heavy atom. The predicted octanol–water partition coefficient (Wildman–Crippen LogP) is 3.68. The Morgan fingerprint density at radius 3 is 1.00 bits per heavy atom. The molecule has 4 aromatic rings. The molecule has 1 heteroatoms. The second-order valence-electron chi connectivity index (χ2n) is 7.21. The van der Waals surface area contributed by atoms with Crippen molar-refractivity contribution in [3.05, 3.63) is 120 Å². The van der Waals surface area contributed by atoms with Gasteiger partial charge in [0.1, 0.15) is 0 Å². The van der Waals surface area contributed by atoms with Gasteiger partial charge in [-0.05, 0) is 0 Å². The summed E-state index contributed by atoms with van der Waals surface area (Å²) in [6, 6.07) is 40.9. The molecular formula is C26H24Pb. The van der Waals surface area contributed by atoms with Gasteiger partial charge in [0.2, 0.25) is 0 Å². The van der Waals surface area contributed by atoms with Crippen molar-refractivity contribution in [2.24, 2.45) is 0 Å². The van der Waals surface area contributed by atoms with Gasteiger partial charge in [-0.2, -0.15) is 0 Å². The molecule has 0 spiro atoms. The van der Waals surface area contributed by atoms with Crippen molar-refractivity contribution in [2.75, 3.05) is 0 Å². The van der Waals surface area contributed by atoms with Crippen LogP contribution >= 0.6 is 0 Å². The van der Waals surface area contributed by atoms with Crippen molar-refractivity contribution in [1.29, 1.82) is 0 Å². The molecule has 0 amide bonds. The van der Waals surface area contributed by atoms with E-state index in [0.717, 1.165) is 0 Å². The summed E-state index contributed by atoms with van der Waals surface area (Å²) in [5.41, 5.74) is 2.62. The fourth-order valence-corrected chi connectivity index (χ4v) is 22.3. The molecule has 27 heavy (non-hydrogen) atoms. The van der Waals surface area contributed by atoms with Gasteiger partial charge in [0.05, 0.1) is 0 Å². The van der Waals surface area contributed by atoms with Gasteiger partial charge < -0.3 is 0 Å². The molecule has 0 N–H and O–H groups in total. The normalized spacial score (nSPS) is 11.3. The second kappa shape index (κ2) is 7.81. The second-order valence-corrected chi connectivity index (χ2v) is 22.0. The Morgan fingerprint density at radius 2 is 0.667 bits per heavy atom. The molecule has 0 nitrogen and oxygen atoms in total. The molecule has 0 aliphatic carbocycles. The minimum absolute atomic E-state index is 1.31. The van der Waals surface area contributed by atoms with Crippen molar-refractivity contribution in [1.82, 2.24) is 0 Å². The summed E-state index contributed by atoms with van der Waals surface area (Å²) in [6.45, 7) is 4.33. The summed E-state index contributed by atoms with van der Waals surface area (Å²) in [4.78, 5) is 0. The van der Waals surface area contributed by atoms with Crippen LogP contribution in [-0.2, 0) is 0 Å². The van der Waals surface area contributed by atoms with Crippen LogP contribution < -0.4 is 12.5 Å². The van der Waals surface area contributed by atoms with Crippen molar-refractivity contribution in [3.63, 3.8) is 0 Å². The van der Waals surface area contributed by atoms with E-state index in [-0.39, 0.29) is 0 Å². The van der Waals surface area contributed by atoms with Crippen molar-refractivity contribution in [2.45, 2.75) is 13.8 Å². The maximum atomic E-state index is 2.37. The first-order chi connectivity index (χ1) is 13.2. The fourth-order valence-electron chi connectivity index (χ4n) is 3.98. The summed E-state index contributed by atoms with van der Waals surface area (Å²) in [5.74, 6) is 0. The van der Waals surface area contributed by atoms with Gasteiger partial charge in [0.25, 0.3) is 0 Å². The van der Waals surface area contributed by atoms with E-state index in [2.05, 4.69) is 123 Å². The van der Waals surface area contributed by atoms with E-state index in [0.29, 0.717) is 0 Å². The topological polar surface area (TPSA) is 0 Å². The molecule has 0 atom stereocenters. The van der Waals surface area contributed by atoms with Gasteiger partial charge >= 0.3 is 168 Å². The van der Waals surface area contributed by atoms with Crippen LogP contribution in [0.5, 0.6) is 0 Å². The molecule has 0 bridgehead atoms. The molecule has 132 valence electrons. The zero-order valence-electron chi connectivity index (χ0n) is 15.9. The first-order valence-corrected chi connectivity index (χ1v) is 17.2. The monoisotopic (exact) mass is 544 g/mol. The zero-order valence-corrected chi connectivity index (χ0v) is 19.8. The molecule has 0 fully saturated rings. The van der Waals surface area contributed by atoms with E-state index in [1.807, 2.05) is 0 Å². The first-order valence-electron chi connectivity index (χ1n) is 9.46. The molecule has 0 aromatic heterocycles. The Balaban J connectivity index is 2.11. The van der Waals surface area contributed by atoms with Crippen LogP contribution in [0.1, 0.15) is 11.1 Å².